The van der Waals surface area contributed by atoms with Crippen molar-refractivity contribution in [3.8, 4) is 0 Å². The van der Waals surface area contributed by atoms with Crippen LogP contribution in [0.3, 0.4) is 0 Å². The van der Waals surface area contributed by atoms with E-state index < -0.39 is 0 Å². The van der Waals surface area contributed by atoms with Crippen molar-refractivity contribution in [1.29, 1.82) is 0 Å². The van der Waals surface area contributed by atoms with E-state index in [0.717, 1.165) is 26.1 Å². The zero-order chi connectivity index (χ0) is 9.26. The minimum Gasteiger partial charge on any atom is -0.317 e. The lowest BCUT2D eigenvalue weighted by atomic mass is 9.92. The molecule has 74 valence electrons. The number of carbonyl (C=O) groups excluding carboxylic acids is 1. The van der Waals surface area contributed by atoms with Crippen molar-refractivity contribution < 1.29 is 4.79 Å². The molecule has 2 rings (SSSR count). The predicted octanol–water partition coefficient (Wildman–Crippen LogP) is 0.402. The predicted molar refractivity (Wildman–Crippen MR) is 51.7 cm³/mol. The van der Waals surface area contributed by atoms with Crippen molar-refractivity contribution in [3.63, 3.8) is 0 Å². The van der Waals surface area contributed by atoms with Crippen LogP contribution in [0.25, 0.3) is 0 Å². The Balaban J connectivity index is 1.89. The topological polar surface area (TPSA) is 32.3 Å². The van der Waals surface area contributed by atoms with E-state index in [1.54, 1.807) is 6.92 Å². The maximum atomic E-state index is 11.2. The van der Waals surface area contributed by atoms with Gasteiger partial charge in [0.25, 0.3) is 0 Å². The quantitative estimate of drug-likeness (QED) is 0.671. The lowest BCUT2D eigenvalue weighted by Crippen LogP contribution is -2.58. The molecule has 0 radical (unpaired) electrons. The van der Waals surface area contributed by atoms with Crippen LogP contribution in [0.5, 0.6) is 0 Å². The van der Waals surface area contributed by atoms with E-state index in [1.165, 1.54) is 12.8 Å². The number of ketones is 1. The van der Waals surface area contributed by atoms with Crippen LogP contribution in [0.1, 0.15) is 26.2 Å². The van der Waals surface area contributed by atoms with E-state index in [0.29, 0.717) is 11.8 Å². The zero-order valence-corrected chi connectivity index (χ0v) is 8.25. The maximum Gasteiger partial charge on any atom is 0.146 e. The Hall–Kier alpha value is -0.410. The first-order chi connectivity index (χ1) is 6.29. The van der Waals surface area contributed by atoms with Gasteiger partial charge in [0.1, 0.15) is 5.78 Å². The molecule has 1 unspecified atom stereocenters. The summed E-state index contributed by atoms with van der Waals surface area (Å²) in [4.78, 5) is 13.6. The van der Waals surface area contributed by atoms with Gasteiger partial charge in [-0.3, -0.25) is 9.69 Å². The third kappa shape index (κ3) is 1.76. The fraction of sp³-hybridized carbons (Fsp3) is 0.900. The largest absolute Gasteiger partial charge is 0.317 e. The molecule has 13 heavy (non-hydrogen) atoms. The Morgan fingerprint density at radius 3 is 2.46 bits per heavy atom. The summed E-state index contributed by atoms with van der Waals surface area (Å²) in [5.41, 5.74) is 0. The fourth-order valence-electron chi connectivity index (χ4n) is 2.42. The minimum atomic E-state index is 0.253. The number of rotatable bonds is 2. The van der Waals surface area contributed by atoms with Crippen molar-refractivity contribution in [2.24, 2.45) is 0 Å². The Bertz CT molecular complexity index is 199. The highest BCUT2D eigenvalue weighted by atomic mass is 16.1. The molecular formula is C10H18N2O. The highest BCUT2D eigenvalue weighted by Gasteiger charge is 2.36. The summed E-state index contributed by atoms with van der Waals surface area (Å²) in [6.07, 6.45) is 3.51. The molecule has 0 saturated carbocycles. The normalized spacial score (nSPS) is 31.3. The highest BCUT2D eigenvalue weighted by molar-refractivity contribution is 5.82. The lowest BCUT2D eigenvalue weighted by Gasteiger charge is -2.46. The molecule has 0 aromatic heterocycles. The number of nitrogens with one attached hydrogen (secondary N) is 1. The van der Waals surface area contributed by atoms with Crippen molar-refractivity contribution in [1.82, 2.24) is 10.2 Å². The third-order valence-corrected chi connectivity index (χ3v) is 3.31. The molecule has 0 bridgehead atoms. The van der Waals surface area contributed by atoms with Crippen LogP contribution >= 0.6 is 0 Å². The molecule has 3 nitrogen and oxygen atoms in total. The molecule has 2 aliphatic rings. The van der Waals surface area contributed by atoms with E-state index in [2.05, 4.69) is 10.2 Å². The van der Waals surface area contributed by atoms with Gasteiger partial charge < -0.3 is 5.32 Å². The van der Waals surface area contributed by atoms with Crippen molar-refractivity contribution in [2.75, 3.05) is 19.6 Å². The average molecular weight is 182 g/mol. The molecule has 0 aromatic rings. The van der Waals surface area contributed by atoms with Gasteiger partial charge in [0, 0.05) is 12.6 Å². The lowest BCUT2D eigenvalue weighted by molar-refractivity contribution is -0.128. The molecule has 1 atom stereocenters. The molecule has 2 heterocycles. The van der Waals surface area contributed by atoms with E-state index in [4.69, 9.17) is 0 Å². The second kappa shape index (κ2) is 3.76. The summed E-state index contributed by atoms with van der Waals surface area (Å²) in [5.74, 6) is 0.352. The van der Waals surface area contributed by atoms with E-state index in [1.807, 2.05) is 0 Å². The molecule has 2 fully saturated rings. The van der Waals surface area contributed by atoms with Crippen LogP contribution in [0.4, 0.5) is 0 Å². The van der Waals surface area contributed by atoms with Gasteiger partial charge in [-0.2, -0.15) is 0 Å². The summed E-state index contributed by atoms with van der Waals surface area (Å²) in [6, 6.07) is 0.923. The molecule has 0 spiro atoms. The molecule has 3 heteroatoms. The average Bonchev–Trinajstić information content (AvgIpc) is 2.02. The van der Waals surface area contributed by atoms with Crippen LogP contribution in [0.2, 0.25) is 0 Å². The Labute approximate surface area is 79.5 Å². The van der Waals surface area contributed by atoms with Gasteiger partial charge in [-0.05, 0) is 39.3 Å². The first-order valence-corrected chi connectivity index (χ1v) is 5.26. The van der Waals surface area contributed by atoms with Gasteiger partial charge in [-0.25, -0.2) is 0 Å². The van der Waals surface area contributed by atoms with Gasteiger partial charge in [-0.15, -0.1) is 0 Å². The van der Waals surface area contributed by atoms with E-state index in [-0.39, 0.29) is 6.04 Å². The van der Waals surface area contributed by atoms with Gasteiger partial charge in [0.05, 0.1) is 6.04 Å². The number of likely N-dealkylation sites (tertiary alicyclic amines) is 1. The van der Waals surface area contributed by atoms with Gasteiger partial charge in [0.15, 0.2) is 0 Å². The second-order valence-corrected chi connectivity index (χ2v) is 4.13. The molecule has 0 aliphatic carbocycles. The summed E-state index contributed by atoms with van der Waals surface area (Å²) >= 11 is 0. The summed E-state index contributed by atoms with van der Waals surface area (Å²) in [6.45, 7) is 5.09. The van der Waals surface area contributed by atoms with Gasteiger partial charge in [-0.1, -0.05) is 0 Å². The smallest absolute Gasteiger partial charge is 0.146 e. The first-order valence-electron chi connectivity index (χ1n) is 5.26. The van der Waals surface area contributed by atoms with Crippen LogP contribution in [-0.4, -0.2) is 42.4 Å². The number of nitrogens with zero attached hydrogens (tertiary/aromatic N) is 1. The van der Waals surface area contributed by atoms with Crippen molar-refractivity contribution in [2.45, 2.75) is 38.3 Å². The van der Waals surface area contributed by atoms with Crippen LogP contribution in [0.15, 0.2) is 0 Å². The highest BCUT2D eigenvalue weighted by Crippen LogP contribution is 2.25. The third-order valence-electron chi connectivity index (χ3n) is 3.31. The number of hydrogen-bond donors (Lipinski definition) is 1. The monoisotopic (exact) mass is 182 g/mol. The Morgan fingerprint density at radius 2 is 2.00 bits per heavy atom. The second-order valence-electron chi connectivity index (χ2n) is 4.13. The molecule has 0 aromatic carbocycles. The maximum absolute atomic E-state index is 11.2. The molecule has 0 amide bonds. The number of hydrogen-bond acceptors (Lipinski definition) is 3. The number of carbonyl (C=O) groups is 1. The van der Waals surface area contributed by atoms with Crippen LogP contribution in [-0.2, 0) is 4.79 Å². The SMILES string of the molecule is CC(=O)C1CCN1C1CCNCC1. The molecule has 1 N–H and O–H groups in total. The van der Waals surface area contributed by atoms with Crippen LogP contribution < -0.4 is 5.32 Å². The van der Waals surface area contributed by atoms with Gasteiger partial charge >= 0.3 is 0 Å². The Morgan fingerprint density at radius 1 is 1.31 bits per heavy atom. The van der Waals surface area contributed by atoms with E-state index in [9.17, 15) is 4.79 Å². The summed E-state index contributed by atoms with van der Waals surface area (Å²) in [7, 11) is 0. The molecule has 2 aliphatic heterocycles. The molecular weight excluding hydrogens is 164 g/mol. The first kappa shape index (κ1) is 9.16. The van der Waals surface area contributed by atoms with Crippen LogP contribution in [0, 0.1) is 0 Å². The number of piperidine rings is 1. The number of Topliss-reactive ketones (excluding diaryl/α,β-unsaturated/α-hetero) is 1. The van der Waals surface area contributed by atoms with Crippen molar-refractivity contribution >= 4 is 5.78 Å². The Kier molecular flexibility index (Phi) is 2.65. The fourth-order valence-corrected chi connectivity index (χ4v) is 2.42. The minimum absolute atomic E-state index is 0.253. The zero-order valence-electron chi connectivity index (χ0n) is 8.25. The van der Waals surface area contributed by atoms with Gasteiger partial charge in [0.2, 0.25) is 0 Å². The molecule has 2 saturated heterocycles. The summed E-state index contributed by atoms with van der Waals surface area (Å²) < 4.78 is 0. The van der Waals surface area contributed by atoms with Crippen molar-refractivity contribution in [3.05, 3.63) is 0 Å². The summed E-state index contributed by atoms with van der Waals surface area (Å²) in [5, 5.41) is 3.35. The standard InChI is InChI=1S/C10H18N2O/c1-8(13)10-4-7-12(10)9-2-5-11-6-3-9/h9-11H,2-7H2,1H3. The van der Waals surface area contributed by atoms with E-state index >= 15 is 0 Å².